The maximum Gasteiger partial charge on any atom is 0.191 e. The molecule has 0 spiro atoms. The second kappa shape index (κ2) is 7.89. The molecule has 1 saturated heterocycles. The lowest BCUT2D eigenvalue weighted by Crippen LogP contribution is -2.38. The van der Waals surface area contributed by atoms with Crippen LogP contribution in [0, 0.1) is 5.92 Å². The summed E-state index contributed by atoms with van der Waals surface area (Å²) >= 11 is 1.78. The minimum absolute atomic E-state index is 0.186. The van der Waals surface area contributed by atoms with Crippen LogP contribution < -0.4 is 10.6 Å². The standard InChI is InChI=1S/C11H23N3O2S2/c1-3-12-11(13-5-6-17-2)14-8-10-4-7-18(15,16)9-10/h10H,3-9H2,1-2H3,(H2,12,13,14). The molecule has 0 aliphatic carbocycles. The van der Waals surface area contributed by atoms with Crippen molar-refractivity contribution in [3.63, 3.8) is 0 Å². The third-order valence-corrected chi connectivity index (χ3v) is 5.23. The molecule has 0 saturated carbocycles. The van der Waals surface area contributed by atoms with Gasteiger partial charge in [0.05, 0.1) is 11.5 Å². The van der Waals surface area contributed by atoms with Crippen LogP contribution in [0.25, 0.3) is 0 Å². The number of sulfone groups is 1. The van der Waals surface area contributed by atoms with Crippen molar-refractivity contribution in [2.75, 3.05) is 43.1 Å². The van der Waals surface area contributed by atoms with Gasteiger partial charge in [0.1, 0.15) is 0 Å². The van der Waals surface area contributed by atoms with Gasteiger partial charge >= 0.3 is 0 Å². The summed E-state index contributed by atoms with van der Waals surface area (Å²) in [6.07, 6.45) is 2.81. The van der Waals surface area contributed by atoms with E-state index in [2.05, 4.69) is 21.9 Å². The third kappa shape index (κ3) is 5.95. The van der Waals surface area contributed by atoms with Crippen LogP contribution in [0.15, 0.2) is 4.99 Å². The molecule has 2 N–H and O–H groups in total. The van der Waals surface area contributed by atoms with Crippen LogP contribution in [0.2, 0.25) is 0 Å². The highest BCUT2D eigenvalue weighted by Crippen LogP contribution is 2.18. The quantitative estimate of drug-likeness (QED) is 0.420. The predicted octanol–water partition coefficient (Wildman–Crippen LogP) is 0.339. The number of aliphatic imine (C=N–C) groups is 1. The minimum Gasteiger partial charge on any atom is -0.357 e. The fourth-order valence-corrected chi connectivity index (χ4v) is 4.01. The number of nitrogens with one attached hydrogen (secondary N) is 2. The lowest BCUT2D eigenvalue weighted by atomic mass is 10.1. The molecule has 7 heteroatoms. The molecule has 1 aliphatic heterocycles. The second-order valence-electron chi connectivity index (χ2n) is 4.41. The molecule has 0 amide bonds. The van der Waals surface area contributed by atoms with Crippen molar-refractivity contribution in [3.8, 4) is 0 Å². The fraction of sp³-hybridized carbons (Fsp3) is 0.909. The molecule has 106 valence electrons. The first-order valence-electron chi connectivity index (χ1n) is 6.29. The Morgan fingerprint density at radius 3 is 2.78 bits per heavy atom. The molecule has 0 aromatic rings. The molecule has 1 atom stereocenters. The van der Waals surface area contributed by atoms with E-state index >= 15 is 0 Å². The minimum atomic E-state index is -2.79. The Morgan fingerprint density at radius 2 is 2.22 bits per heavy atom. The maximum atomic E-state index is 11.3. The Kier molecular flexibility index (Phi) is 6.85. The van der Waals surface area contributed by atoms with Gasteiger partial charge in [0.15, 0.2) is 15.8 Å². The number of nitrogens with zero attached hydrogens (tertiary/aromatic N) is 1. The monoisotopic (exact) mass is 293 g/mol. The third-order valence-electron chi connectivity index (χ3n) is 2.78. The SMILES string of the molecule is CCNC(=NCC1CCS(=O)(=O)C1)NCCSC. The number of thioether (sulfide) groups is 1. The van der Waals surface area contributed by atoms with E-state index < -0.39 is 9.84 Å². The first-order chi connectivity index (χ1) is 8.57. The van der Waals surface area contributed by atoms with Crippen LogP contribution in [0.4, 0.5) is 0 Å². The summed E-state index contributed by atoms with van der Waals surface area (Å²) in [5.41, 5.74) is 0. The molecule has 0 aromatic carbocycles. The van der Waals surface area contributed by atoms with E-state index in [1.54, 1.807) is 11.8 Å². The molecule has 18 heavy (non-hydrogen) atoms. The highest BCUT2D eigenvalue weighted by Gasteiger charge is 2.27. The smallest absolute Gasteiger partial charge is 0.191 e. The van der Waals surface area contributed by atoms with E-state index in [-0.39, 0.29) is 5.92 Å². The fourth-order valence-electron chi connectivity index (χ4n) is 1.85. The van der Waals surface area contributed by atoms with E-state index in [0.29, 0.717) is 18.1 Å². The summed E-state index contributed by atoms with van der Waals surface area (Å²) in [6.45, 7) is 4.30. The molecule has 1 rings (SSSR count). The number of hydrogen-bond donors (Lipinski definition) is 2. The van der Waals surface area contributed by atoms with Gasteiger partial charge in [0, 0.05) is 25.4 Å². The van der Waals surface area contributed by atoms with E-state index in [4.69, 9.17) is 0 Å². The van der Waals surface area contributed by atoms with Crippen molar-refractivity contribution >= 4 is 27.6 Å². The molecule has 0 radical (unpaired) electrons. The molecule has 1 unspecified atom stereocenters. The molecule has 0 bridgehead atoms. The summed E-state index contributed by atoms with van der Waals surface area (Å²) in [7, 11) is -2.79. The van der Waals surface area contributed by atoms with Crippen molar-refractivity contribution in [3.05, 3.63) is 0 Å². The molecular formula is C11H23N3O2S2. The van der Waals surface area contributed by atoms with Crippen LogP contribution in [0.1, 0.15) is 13.3 Å². The topological polar surface area (TPSA) is 70.6 Å². The predicted molar refractivity (Wildman–Crippen MR) is 79.1 cm³/mol. The Hall–Kier alpha value is -0.430. The normalized spacial score (nSPS) is 23.0. The van der Waals surface area contributed by atoms with Crippen LogP contribution in [-0.2, 0) is 9.84 Å². The van der Waals surface area contributed by atoms with Crippen molar-refractivity contribution in [1.29, 1.82) is 0 Å². The van der Waals surface area contributed by atoms with Gasteiger partial charge in [0.2, 0.25) is 0 Å². The van der Waals surface area contributed by atoms with Crippen LogP contribution >= 0.6 is 11.8 Å². The van der Waals surface area contributed by atoms with Crippen molar-refractivity contribution in [2.45, 2.75) is 13.3 Å². The zero-order chi connectivity index (χ0) is 13.4. The summed E-state index contributed by atoms with van der Waals surface area (Å²) in [4.78, 5) is 4.45. The largest absolute Gasteiger partial charge is 0.357 e. The summed E-state index contributed by atoms with van der Waals surface area (Å²) in [5, 5.41) is 6.40. The van der Waals surface area contributed by atoms with Crippen molar-refractivity contribution in [2.24, 2.45) is 10.9 Å². The Balaban J connectivity index is 2.40. The van der Waals surface area contributed by atoms with E-state index in [1.807, 2.05) is 6.92 Å². The van der Waals surface area contributed by atoms with E-state index in [0.717, 1.165) is 31.2 Å². The van der Waals surface area contributed by atoms with E-state index in [1.165, 1.54) is 0 Å². The number of hydrogen-bond acceptors (Lipinski definition) is 4. The maximum absolute atomic E-state index is 11.3. The van der Waals surface area contributed by atoms with Gasteiger partial charge in [-0.3, -0.25) is 4.99 Å². The van der Waals surface area contributed by atoms with Gasteiger partial charge in [-0.15, -0.1) is 0 Å². The van der Waals surface area contributed by atoms with Gasteiger partial charge in [0.25, 0.3) is 0 Å². The summed E-state index contributed by atoms with van der Waals surface area (Å²) in [6, 6.07) is 0. The second-order valence-corrected chi connectivity index (χ2v) is 7.62. The summed E-state index contributed by atoms with van der Waals surface area (Å²) in [5.74, 6) is 2.62. The number of rotatable bonds is 6. The van der Waals surface area contributed by atoms with Crippen molar-refractivity contribution < 1.29 is 8.42 Å². The highest BCUT2D eigenvalue weighted by atomic mass is 32.2. The zero-order valence-corrected chi connectivity index (χ0v) is 12.7. The average molecular weight is 293 g/mol. The molecule has 1 heterocycles. The Bertz CT molecular complexity index is 368. The number of guanidine groups is 1. The van der Waals surface area contributed by atoms with Gasteiger partial charge in [-0.05, 0) is 25.5 Å². The first-order valence-corrected chi connectivity index (χ1v) is 9.50. The van der Waals surface area contributed by atoms with E-state index in [9.17, 15) is 8.42 Å². The van der Waals surface area contributed by atoms with Crippen molar-refractivity contribution in [1.82, 2.24) is 10.6 Å². The van der Waals surface area contributed by atoms with Gasteiger partial charge < -0.3 is 10.6 Å². The molecule has 1 fully saturated rings. The van der Waals surface area contributed by atoms with Crippen LogP contribution in [0.5, 0.6) is 0 Å². The Morgan fingerprint density at radius 1 is 1.44 bits per heavy atom. The summed E-state index contributed by atoms with van der Waals surface area (Å²) < 4.78 is 22.7. The molecule has 1 aliphatic rings. The zero-order valence-electron chi connectivity index (χ0n) is 11.1. The lowest BCUT2D eigenvalue weighted by Gasteiger charge is -2.11. The van der Waals surface area contributed by atoms with Crippen LogP contribution in [0.3, 0.4) is 0 Å². The van der Waals surface area contributed by atoms with Gasteiger partial charge in [-0.1, -0.05) is 0 Å². The average Bonchev–Trinajstić information content (AvgIpc) is 2.66. The molecular weight excluding hydrogens is 270 g/mol. The van der Waals surface area contributed by atoms with Gasteiger partial charge in [-0.2, -0.15) is 11.8 Å². The first kappa shape index (κ1) is 15.6. The van der Waals surface area contributed by atoms with Gasteiger partial charge in [-0.25, -0.2) is 8.42 Å². The Labute approximate surface area is 114 Å². The van der Waals surface area contributed by atoms with Crippen LogP contribution in [-0.4, -0.2) is 57.5 Å². The molecule has 0 aromatic heterocycles. The highest BCUT2D eigenvalue weighted by molar-refractivity contribution is 7.98. The lowest BCUT2D eigenvalue weighted by molar-refractivity contribution is 0.590. The molecule has 5 nitrogen and oxygen atoms in total.